The number of hydrogen-bond donors (Lipinski definition) is 1. The Morgan fingerprint density at radius 2 is 2.04 bits per heavy atom. The standard InChI is InChI=1S/C20H22N4O3/c1-13-4-5-17(22-12-13)20(26)6-8-24(9-7-20)18-15(11-21)10-16(14(2)23-18)19(25)27-3/h4-5,10,12,26H,6-9H2,1-3H3. The number of nitriles is 1. The second-order valence-corrected chi connectivity index (χ2v) is 6.84. The van der Waals surface area contributed by atoms with Gasteiger partial charge in [-0.3, -0.25) is 4.98 Å². The second-order valence-electron chi connectivity index (χ2n) is 6.84. The topological polar surface area (TPSA) is 99.3 Å². The predicted molar refractivity (Wildman–Crippen MR) is 99.3 cm³/mol. The van der Waals surface area contributed by atoms with Crippen LogP contribution in [0.15, 0.2) is 24.4 Å². The van der Waals surface area contributed by atoms with Gasteiger partial charge in [-0.25, -0.2) is 9.78 Å². The van der Waals surface area contributed by atoms with Crippen molar-refractivity contribution in [1.82, 2.24) is 9.97 Å². The number of aryl methyl sites for hydroxylation is 2. The molecule has 1 saturated heterocycles. The number of hydrogen-bond acceptors (Lipinski definition) is 7. The van der Waals surface area contributed by atoms with Gasteiger partial charge in [-0.05, 0) is 44.4 Å². The molecule has 0 aliphatic carbocycles. The highest BCUT2D eigenvalue weighted by atomic mass is 16.5. The fourth-order valence-corrected chi connectivity index (χ4v) is 3.32. The van der Waals surface area contributed by atoms with E-state index in [-0.39, 0.29) is 5.56 Å². The SMILES string of the molecule is COC(=O)c1cc(C#N)c(N2CCC(O)(c3ccc(C)cn3)CC2)nc1C. The molecule has 0 spiro atoms. The molecular weight excluding hydrogens is 344 g/mol. The lowest BCUT2D eigenvalue weighted by atomic mass is 9.87. The number of rotatable bonds is 3. The molecule has 0 bridgehead atoms. The Hall–Kier alpha value is -2.98. The van der Waals surface area contributed by atoms with E-state index in [2.05, 4.69) is 16.0 Å². The fourth-order valence-electron chi connectivity index (χ4n) is 3.32. The van der Waals surface area contributed by atoms with Crippen LogP contribution < -0.4 is 4.90 Å². The average molecular weight is 366 g/mol. The number of piperidine rings is 1. The van der Waals surface area contributed by atoms with E-state index in [1.165, 1.54) is 13.2 Å². The predicted octanol–water partition coefficient (Wildman–Crippen LogP) is 2.24. The number of pyridine rings is 2. The number of nitrogens with zero attached hydrogens (tertiary/aromatic N) is 4. The summed E-state index contributed by atoms with van der Waals surface area (Å²) < 4.78 is 4.74. The van der Waals surface area contributed by atoms with Gasteiger partial charge in [0.1, 0.15) is 17.5 Å². The summed E-state index contributed by atoms with van der Waals surface area (Å²) in [5.41, 5.74) is 1.84. The summed E-state index contributed by atoms with van der Waals surface area (Å²) >= 11 is 0. The Morgan fingerprint density at radius 3 is 2.59 bits per heavy atom. The molecule has 1 aliphatic rings. The van der Waals surface area contributed by atoms with Gasteiger partial charge >= 0.3 is 5.97 Å². The molecule has 3 rings (SSSR count). The molecule has 0 atom stereocenters. The van der Waals surface area contributed by atoms with Crippen LogP contribution in [0.5, 0.6) is 0 Å². The van der Waals surface area contributed by atoms with E-state index in [0.29, 0.717) is 48.7 Å². The number of anilines is 1. The molecule has 0 amide bonds. The second kappa shape index (κ2) is 7.33. The Balaban J connectivity index is 1.84. The first-order chi connectivity index (χ1) is 12.9. The molecule has 2 aromatic heterocycles. The first kappa shape index (κ1) is 18.8. The van der Waals surface area contributed by atoms with Gasteiger partial charge < -0.3 is 14.7 Å². The van der Waals surface area contributed by atoms with E-state index in [9.17, 15) is 15.2 Å². The van der Waals surface area contributed by atoms with E-state index in [4.69, 9.17) is 4.74 Å². The molecule has 2 aromatic rings. The summed E-state index contributed by atoms with van der Waals surface area (Å²) in [7, 11) is 1.30. The van der Waals surface area contributed by atoms with Crippen molar-refractivity contribution in [2.75, 3.05) is 25.1 Å². The minimum absolute atomic E-state index is 0.287. The van der Waals surface area contributed by atoms with Crippen molar-refractivity contribution in [2.24, 2.45) is 0 Å². The Morgan fingerprint density at radius 1 is 1.33 bits per heavy atom. The summed E-state index contributed by atoms with van der Waals surface area (Å²) in [6.07, 6.45) is 2.71. The minimum Gasteiger partial charge on any atom is -0.465 e. The van der Waals surface area contributed by atoms with Gasteiger partial charge in [0.15, 0.2) is 0 Å². The van der Waals surface area contributed by atoms with Crippen molar-refractivity contribution >= 4 is 11.8 Å². The third kappa shape index (κ3) is 3.62. The first-order valence-electron chi connectivity index (χ1n) is 8.78. The van der Waals surface area contributed by atoms with Gasteiger partial charge in [0.25, 0.3) is 0 Å². The van der Waals surface area contributed by atoms with Crippen LogP contribution in [0, 0.1) is 25.2 Å². The van der Waals surface area contributed by atoms with Gasteiger partial charge in [0.05, 0.1) is 29.6 Å². The molecule has 27 heavy (non-hydrogen) atoms. The zero-order valence-corrected chi connectivity index (χ0v) is 15.7. The van der Waals surface area contributed by atoms with Crippen molar-refractivity contribution in [2.45, 2.75) is 32.3 Å². The number of methoxy groups -OCH3 is 1. The van der Waals surface area contributed by atoms with E-state index in [1.54, 1.807) is 13.1 Å². The van der Waals surface area contributed by atoms with Crippen molar-refractivity contribution < 1.29 is 14.6 Å². The molecule has 0 unspecified atom stereocenters. The third-order valence-electron chi connectivity index (χ3n) is 5.00. The Kier molecular flexibility index (Phi) is 5.10. The minimum atomic E-state index is -0.988. The maximum absolute atomic E-state index is 11.8. The molecule has 7 heteroatoms. The largest absolute Gasteiger partial charge is 0.465 e. The zero-order valence-electron chi connectivity index (χ0n) is 15.7. The quantitative estimate of drug-likeness (QED) is 0.832. The van der Waals surface area contributed by atoms with Crippen LogP contribution >= 0.6 is 0 Å². The van der Waals surface area contributed by atoms with Crippen LogP contribution in [-0.2, 0) is 10.3 Å². The van der Waals surface area contributed by atoms with Crippen LogP contribution in [0.2, 0.25) is 0 Å². The average Bonchev–Trinajstić information content (AvgIpc) is 2.68. The normalized spacial score (nSPS) is 15.9. The maximum Gasteiger partial charge on any atom is 0.339 e. The van der Waals surface area contributed by atoms with Gasteiger partial charge in [-0.1, -0.05) is 6.07 Å². The Bertz CT molecular complexity index is 895. The highest BCUT2D eigenvalue weighted by Gasteiger charge is 2.36. The van der Waals surface area contributed by atoms with Gasteiger partial charge in [-0.15, -0.1) is 0 Å². The van der Waals surface area contributed by atoms with Crippen molar-refractivity contribution in [1.29, 1.82) is 5.26 Å². The lowest BCUT2D eigenvalue weighted by Crippen LogP contribution is -2.43. The lowest BCUT2D eigenvalue weighted by molar-refractivity contribution is 0.00747. The molecular formula is C20H22N4O3. The maximum atomic E-state index is 11.8. The third-order valence-corrected chi connectivity index (χ3v) is 5.00. The molecule has 0 aromatic carbocycles. The van der Waals surface area contributed by atoms with Gasteiger partial charge in [0.2, 0.25) is 0 Å². The van der Waals surface area contributed by atoms with E-state index in [0.717, 1.165) is 5.56 Å². The summed E-state index contributed by atoms with van der Waals surface area (Å²) in [4.78, 5) is 22.6. The number of esters is 1. The number of ether oxygens (including phenoxy) is 1. The molecule has 1 N–H and O–H groups in total. The molecule has 0 radical (unpaired) electrons. The van der Waals surface area contributed by atoms with Crippen LogP contribution in [0.25, 0.3) is 0 Å². The van der Waals surface area contributed by atoms with Crippen LogP contribution in [0.3, 0.4) is 0 Å². The fraction of sp³-hybridized carbons (Fsp3) is 0.400. The van der Waals surface area contributed by atoms with Crippen molar-refractivity contribution in [3.05, 3.63) is 52.5 Å². The molecule has 140 valence electrons. The Labute approximate surface area is 158 Å². The first-order valence-corrected chi connectivity index (χ1v) is 8.78. The number of aliphatic hydroxyl groups is 1. The van der Waals surface area contributed by atoms with Crippen molar-refractivity contribution in [3.8, 4) is 6.07 Å². The number of aromatic nitrogens is 2. The van der Waals surface area contributed by atoms with Gasteiger partial charge in [0, 0.05) is 19.3 Å². The van der Waals surface area contributed by atoms with Crippen LogP contribution in [0.1, 0.15) is 45.7 Å². The monoisotopic (exact) mass is 366 g/mol. The molecule has 3 heterocycles. The zero-order chi connectivity index (χ0) is 19.6. The summed E-state index contributed by atoms with van der Waals surface area (Å²) in [5, 5.41) is 20.5. The summed E-state index contributed by atoms with van der Waals surface area (Å²) in [6.45, 7) is 4.74. The summed E-state index contributed by atoms with van der Waals surface area (Å²) in [6, 6.07) is 7.43. The molecule has 1 aliphatic heterocycles. The van der Waals surface area contributed by atoms with E-state index < -0.39 is 11.6 Å². The van der Waals surface area contributed by atoms with E-state index in [1.807, 2.05) is 24.0 Å². The van der Waals surface area contributed by atoms with E-state index >= 15 is 0 Å². The van der Waals surface area contributed by atoms with Crippen LogP contribution in [0.4, 0.5) is 5.82 Å². The molecule has 1 fully saturated rings. The molecule has 0 saturated carbocycles. The highest BCUT2D eigenvalue weighted by molar-refractivity contribution is 5.91. The summed E-state index contributed by atoms with van der Waals surface area (Å²) in [5.74, 6) is 0.0167. The smallest absolute Gasteiger partial charge is 0.339 e. The lowest BCUT2D eigenvalue weighted by Gasteiger charge is -2.38. The van der Waals surface area contributed by atoms with Gasteiger partial charge in [-0.2, -0.15) is 5.26 Å². The number of carbonyl (C=O) groups excluding carboxylic acids is 1. The molecule has 7 nitrogen and oxygen atoms in total. The van der Waals surface area contributed by atoms with Crippen molar-refractivity contribution in [3.63, 3.8) is 0 Å². The number of carbonyl (C=O) groups is 1. The highest BCUT2D eigenvalue weighted by Crippen LogP contribution is 2.34. The van der Waals surface area contributed by atoms with Crippen LogP contribution in [-0.4, -0.2) is 41.2 Å².